The molecule has 154 valence electrons. The summed E-state index contributed by atoms with van der Waals surface area (Å²) in [5.74, 6) is -0.370. The highest BCUT2D eigenvalue weighted by molar-refractivity contribution is 7.91. The van der Waals surface area contributed by atoms with E-state index in [0.717, 1.165) is 0 Å². The van der Waals surface area contributed by atoms with Crippen LogP contribution in [0.5, 0.6) is 0 Å². The molecule has 0 aliphatic rings. The monoisotopic (exact) mass is 444 g/mol. The molecule has 10 heteroatoms. The maximum atomic E-state index is 13.5. The molecular formula is C20H17FN4O3S2. The second-order valence-corrected chi connectivity index (χ2v) is 9.86. The third-order valence-corrected chi connectivity index (χ3v) is 7.19. The van der Waals surface area contributed by atoms with Crippen molar-refractivity contribution in [2.45, 2.75) is 18.7 Å². The maximum absolute atomic E-state index is 13.5. The molecule has 4 aromatic rings. The Labute approximate surface area is 176 Å². The number of amides is 1. The molecule has 2 aromatic heterocycles. The van der Waals surface area contributed by atoms with Gasteiger partial charge in [-0.3, -0.25) is 4.79 Å². The number of fused-ring (bicyclic) bond motifs is 1. The van der Waals surface area contributed by atoms with Crippen LogP contribution < -0.4 is 5.32 Å². The molecule has 0 saturated heterocycles. The molecule has 0 spiro atoms. The number of halogens is 1. The van der Waals surface area contributed by atoms with Gasteiger partial charge in [-0.15, -0.1) is 0 Å². The minimum atomic E-state index is -3.33. The van der Waals surface area contributed by atoms with E-state index in [1.54, 1.807) is 26.0 Å². The number of rotatable bonds is 5. The molecule has 2 aromatic carbocycles. The number of aryl methyl sites for hydroxylation is 1. The molecule has 0 radical (unpaired) electrons. The molecule has 0 aliphatic carbocycles. The van der Waals surface area contributed by atoms with E-state index in [1.807, 2.05) is 0 Å². The summed E-state index contributed by atoms with van der Waals surface area (Å²) in [5.41, 5.74) is 1.61. The molecule has 1 N–H and O–H groups in total. The normalized spacial score (nSPS) is 11.7. The van der Waals surface area contributed by atoms with Crippen LogP contribution in [-0.2, 0) is 9.84 Å². The Bertz CT molecular complexity index is 1360. The summed E-state index contributed by atoms with van der Waals surface area (Å²) in [6.07, 6.45) is 0. The van der Waals surface area contributed by atoms with Crippen molar-refractivity contribution < 1.29 is 17.6 Å². The van der Waals surface area contributed by atoms with Crippen molar-refractivity contribution in [3.8, 4) is 5.13 Å². The summed E-state index contributed by atoms with van der Waals surface area (Å²) >= 11 is 1.25. The first-order valence-electron chi connectivity index (χ1n) is 9.04. The van der Waals surface area contributed by atoms with Crippen LogP contribution in [0.3, 0.4) is 0 Å². The lowest BCUT2D eigenvalue weighted by molar-refractivity contribution is 0.102. The molecule has 4 rings (SSSR count). The van der Waals surface area contributed by atoms with Gasteiger partial charge in [0.1, 0.15) is 11.6 Å². The van der Waals surface area contributed by atoms with Gasteiger partial charge in [0.25, 0.3) is 5.91 Å². The Hall–Kier alpha value is -3.11. The molecule has 7 nitrogen and oxygen atoms in total. The Morgan fingerprint density at radius 1 is 1.17 bits per heavy atom. The molecule has 2 heterocycles. The lowest BCUT2D eigenvalue weighted by Gasteiger charge is -2.07. The number of anilines is 1. The number of carbonyl (C=O) groups excluding carboxylic acids is 1. The number of aromatic nitrogens is 3. The van der Waals surface area contributed by atoms with E-state index in [4.69, 9.17) is 0 Å². The summed E-state index contributed by atoms with van der Waals surface area (Å²) < 4.78 is 39.5. The van der Waals surface area contributed by atoms with E-state index in [1.165, 1.54) is 52.4 Å². The largest absolute Gasteiger partial charge is 0.306 e. The Balaban J connectivity index is 1.63. The number of nitrogens with zero attached hydrogens (tertiary/aromatic N) is 3. The molecule has 1 amide bonds. The third kappa shape index (κ3) is 3.83. The molecule has 0 atom stereocenters. The number of carbonyl (C=O) groups is 1. The van der Waals surface area contributed by atoms with E-state index in [-0.39, 0.29) is 16.5 Å². The van der Waals surface area contributed by atoms with Crippen LogP contribution in [0.25, 0.3) is 15.3 Å². The highest BCUT2D eigenvalue weighted by Crippen LogP contribution is 2.28. The van der Waals surface area contributed by atoms with Gasteiger partial charge in [-0.25, -0.2) is 17.8 Å². The Kier molecular flexibility index (Phi) is 5.12. The standard InChI is InChI=1S/C20H17FN4O3S2/c1-3-30(27,28)15-7-4-13(5-8-15)19(26)23-18-10-12(2)24-25(18)20-22-16-9-6-14(21)11-17(16)29-20/h4-11H,3H2,1-2H3,(H,23,26). The highest BCUT2D eigenvalue weighted by atomic mass is 32.2. The minimum Gasteiger partial charge on any atom is -0.306 e. The second-order valence-electron chi connectivity index (χ2n) is 6.57. The van der Waals surface area contributed by atoms with Gasteiger partial charge in [0.05, 0.1) is 26.6 Å². The van der Waals surface area contributed by atoms with E-state index in [9.17, 15) is 17.6 Å². The van der Waals surface area contributed by atoms with Gasteiger partial charge < -0.3 is 5.32 Å². The third-order valence-electron chi connectivity index (χ3n) is 4.45. The molecule has 0 aliphatic heterocycles. The summed E-state index contributed by atoms with van der Waals surface area (Å²) in [7, 11) is -3.33. The Morgan fingerprint density at radius 3 is 2.60 bits per heavy atom. The van der Waals surface area contributed by atoms with Gasteiger partial charge in [0.15, 0.2) is 9.84 Å². The van der Waals surface area contributed by atoms with Crippen LogP contribution in [0, 0.1) is 12.7 Å². The summed E-state index contributed by atoms with van der Waals surface area (Å²) in [6.45, 7) is 3.35. The van der Waals surface area contributed by atoms with Gasteiger partial charge in [-0.05, 0) is 49.4 Å². The number of hydrogen-bond donors (Lipinski definition) is 1. The van der Waals surface area contributed by atoms with Crippen molar-refractivity contribution in [1.29, 1.82) is 0 Å². The lowest BCUT2D eigenvalue weighted by atomic mass is 10.2. The topological polar surface area (TPSA) is 94.0 Å². The first-order valence-corrected chi connectivity index (χ1v) is 11.5. The predicted octanol–water partition coefficient (Wildman–Crippen LogP) is 3.98. The summed E-state index contributed by atoms with van der Waals surface area (Å²) in [4.78, 5) is 17.3. The zero-order valence-electron chi connectivity index (χ0n) is 16.1. The first-order chi connectivity index (χ1) is 14.3. The van der Waals surface area contributed by atoms with Crippen molar-refractivity contribution in [3.05, 3.63) is 65.6 Å². The van der Waals surface area contributed by atoms with Gasteiger partial charge in [-0.2, -0.15) is 9.78 Å². The molecule has 0 unspecified atom stereocenters. The Morgan fingerprint density at radius 2 is 1.90 bits per heavy atom. The van der Waals surface area contributed by atoms with Crippen molar-refractivity contribution >= 4 is 43.1 Å². The van der Waals surface area contributed by atoms with Crippen LogP contribution in [0.15, 0.2) is 53.4 Å². The summed E-state index contributed by atoms with van der Waals surface area (Å²) in [6, 6.07) is 11.8. The molecule has 0 saturated carbocycles. The van der Waals surface area contributed by atoms with Crippen LogP contribution in [-0.4, -0.2) is 34.8 Å². The van der Waals surface area contributed by atoms with Gasteiger partial charge in [0.2, 0.25) is 5.13 Å². The molecule has 30 heavy (non-hydrogen) atoms. The maximum Gasteiger partial charge on any atom is 0.256 e. The fourth-order valence-corrected chi connectivity index (χ4v) is 4.72. The average Bonchev–Trinajstić information content (AvgIpc) is 3.30. The van der Waals surface area contributed by atoms with Crippen molar-refractivity contribution in [1.82, 2.24) is 14.8 Å². The van der Waals surface area contributed by atoms with Crippen LogP contribution in [0.1, 0.15) is 23.0 Å². The minimum absolute atomic E-state index is 0.0108. The summed E-state index contributed by atoms with van der Waals surface area (Å²) in [5, 5.41) is 7.65. The number of thiazole rings is 1. The van der Waals surface area contributed by atoms with Crippen LogP contribution in [0.2, 0.25) is 0 Å². The quantitative estimate of drug-likeness (QED) is 0.503. The fourth-order valence-electron chi connectivity index (χ4n) is 2.88. The van der Waals surface area contributed by atoms with E-state index < -0.39 is 15.7 Å². The van der Waals surface area contributed by atoms with Gasteiger partial charge in [0, 0.05) is 11.6 Å². The molecular weight excluding hydrogens is 427 g/mol. The predicted molar refractivity (Wildman–Crippen MR) is 114 cm³/mol. The van der Waals surface area contributed by atoms with Gasteiger partial charge >= 0.3 is 0 Å². The number of benzene rings is 2. The second kappa shape index (κ2) is 7.62. The number of sulfone groups is 1. The van der Waals surface area contributed by atoms with Crippen LogP contribution in [0.4, 0.5) is 10.2 Å². The molecule has 0 fully saturated rings. The SMILES string of the molecule is CCS(=O)(=O)c1ccc(C(=O)Nc2cc(C)nn2-c2nc3ccc(F)cc3s2)cc1. The fraction of sp³-hybridized carbons (Fsp3) is 0.150. The van der Waals surface area contributed by atoms with E-state index in [0.29, 0.717) is 32.4 Å². The number of nitrogens with one attached hydrogen (secondary N) is 1. The van der Waals surface area contributed by atoms with Crippen molar-refractivity contribution in [2.24, 2.45) is 0 Å². The zero-order valence-corrected chi connectivity index (χ0v) is 17.7. The smallest absolute Gasteiger partial charge is 0.256 e. The number of hydrogen-bond acceptors (Lipinski definition) is 6. The highest BCUT2D eigenvalue weighted by Gasteiger charge is 2.17. The zero-order chi connectivity index (χ0) is 21.5. The lowest BCUT2D eigenvalue weighted by Crippen LogP contribution is -2.15. The molecule has 0 bridgehead atoms. The van der Waals surface area contributed by atoms with Gasteiger partial charge in [-0.1, -0.05) is 18.3 Å². The first kappa shape index (κ1) is 20.2. The van der Waals surface area contributed by atoms with E-state index >= 15 is 0 Å². The van der Waals surface area contributed by atoms with Crippen molar-refractivity contribution in [2.75, 3.05) is 11.1 Å². The van der Waals surface area contributed by atoms with E-state index in [2.05, 4.69) is 15.4 Å². The van der Waals surface area contributed by atoms with Crippen LogP contribution >= 0.6 is 11.3 Å². The van der Waals surface area contributed by atoms with Crippen molar-refractivity contribution in [3.63, 3.8) is 0 Å². The average molecular weight is 445 g/mol.